The van der Waals surface area contributed by atoms with Gasteiger partial charge in [-0.1, -0.05) is 11.2 Å². The van der Waals surface area contributed by atoms with Crippen LogP contribution >= 0.6 is 11.8 Å². The largest absolute Gasteiger partial charge is 0.497 e. The molecule has 6 heteroatoms. The molecule has 1 heterocycles. The van der Waals surface area contributed by atoms with Gasteiger partial charge in [-0.3, -0.25) is 10.1 Å². The van der Waals surface area contributed by atoms with Gasteiger partial charge in [-0.2, -0.15) is 0 Å². The van der Waals surface area contributed by atoms with Crippen molar-refractivity contribution in [1.29, 1.82) is 0 Å². The molecular formula is C14H16N2O3S. The molecule has 0 aliphatic heterocycles. The molecule has 0 aliphatic rings. The van der Waals surface area contributed by atoms with Crippen molar-refractivity contribution in [3.8, 4) is 5.75 Å². The minimum atomic E-state index is -0.257. The number of ether oxygens (including phenoxy) is 1. The number of hydrogen-bond donors (Lipinski definition) is 1. The Morgan fingerprint density at radius 3 is 2.90 bits per heavy atom. The molecule has 0 bridgehead atoms. The second kappa shape index (κ2) is 6.47. The van der Waals surface area contributed by atoms with Gasteiger partial charge in [-0.25, -0.2) is 0 Å². The standard InChI is InChI=1S/C14H16N2O3S/c1-9-7-13(19-16-9)15-14(17)10(2)20-12-6-4-5-11(8-12)18-3/h4-8,10H,1-3H3,(H,15,17). The predicted octanol–water partition coefficient (Wildman–Crippen LogP) is 3.11. The molecule has 0 fully saturated rings. The maximum absolute atomic E-state index is 12.0. The lowest BCUT2D eigenvalue weighted by molar-refractivity contribution is -0.115. The van der Waals surface area contributed by atoms with Crippen LogP contribution in [0.5, 0.6) is 5.75 Å². The molecule has 2 rings (SSSR count). The van der Waals surface area contributed by atoms with Crippen molar-refractivity contribution in [2.45, 2.75) is 24.0 Å². The molecule has 1 aromatic heterocycles. The van der Waals surface area contributed by atoms with E-state index in [9.17, 15) is 4.79 Å². The molecule has 2 aromatic rings. The lowest BCUT2D eigenvalue weighted by Gasteiger charge is -2.10. The number of rotatable bonds is 5. The fourth-order valence-corrected chi connectivity index (χ4v) is 2.49. The number of benzene rings is 1. The van der Waals surface area contributed by atoms with Crippen LogP contribution in [0.3, 0.4) is 0 Å². The SMILES string of the molecule is COc1cccc(SC(C)C(=O)Nc2cc(C)no2)c1. The Hall–Kier alpha value is -1.95. The highest BCUT2D eigenvalue weighted by atomic mass is 32.2. The third-order valence-corrected chi connectivity index (χ3v) is 3.69. The van der Waals surface area contributed by atoms with E-state index in [1.165, 1.54) is 11.8 Å². The third kappa shape index (κ3) is 3.77. The van der Waals surface area contributed by atoms with Gasteiger partial charge in [-0.15, -0.1) is 11.8 Å². The number of aromatic nitrogens is 1. The van der Waals surface area contributed by atoms with E-state index in [0.29, 0.717) is 5.88 Å². The average molecular weight is 292 g/mol. The second-order valence-corrected chi connectivity index (χ2v) is 5.68. The number of methoxy groups -OCH3 is 1. The van der Waals surface area contributed by atoms with E-state index in [1.807, 2.05) is 31.2 Å². The molecule has 106 valence electrons. The van der Waals surface area contributed by atoms with Gasteiger partial charge in [-0.05, 0) is 32.0 Å². The van der Waals surface area contributed by atoms with Gasteiger partial charge in [0.05, 0.1) is 18.1 Å². The van der Waals surface area contributed by atoms with Crippen LogP contribution in [0, 0.1) is 6.92 Å². The smallest absolute Gasteiger partial charge is 0.239 e. The average Bonchev–Trinajstić information content (AvgIpc) is 2.84. The zero-order chi connectivity index (χ0) is 14.5. The number of aryl methyl sites for hydroxylation is 1. The molecule has 1 atom stereocenters. The summed E-state index contributed by atoms with van der Waals surface area (Å²) in [4.78, 5) is 13.0. The van der Waals surface area contributed by atoms with Crippen LogP contribution in [0.1, 0.15) is 12.6 Å². The van der Waals surface area contributed by atoms with Crippen molar-refractivity contribution in [2.24, 2.45) is 0 Å². The number of anilines is 1. The van der Waals surface area contributed by atoms with Gasteiger partial charge in [0.25, 0.3) is 0 Å². The Bertz CT molecular complexity index is 598. The van der Waals surface area contributed by atoms with E-state index >= 15 is 0 Å². The number of nitrogens with one attached hydrogen (secondary N) is 1. The number of amides is 1. The normalized spacial score (nSPS) is 11.9. The number of thioether (sulfide) groups is 1. The summed E-state index contributed by atoms with van der Waals surface area (Å²) < 4.78 is 10.1. The molecule has 0 spiro atoms. The monoisotopic (exact) mass is 292 g/mol. The summed E-state index contributed by atoms with van der Waals surface area (Å²) in [5.74, 6) is 1.01. The summed E-state index contributed by atoms with van der Waals surface area (Å²) in [5, 5.41) is 6.16. The Balaban J connectivity index is 1.96. The first-order valence-electron chi connectivity index (χ1n) is 6.13. The summed E-state index contributed by atoms with van der Waals surface area (Å²) in [6.45, 7) is 3.64. The maximum Gasteiger partial charge on any atom is 0.239 e. The maximum atomic E-state index is 12.0. The highest BCUT2D eigenvalue weighted by molar-refractivity contribution is 8.00. The van der Waals surface area contributed by atoms with Gasteiger partial charge in [0, 0.05) is 11.0 Å². The van der Waals surface area contributed by atoms with Crippen LogP contribution in [-0.4, -0.2) is 23.4 Å². The van der Waals surface area contributed by atoms with Crippen molar-refractivity contribution in [3.63, 3.8) is 0 Å². The van der Waals surface area contributed by atoms with Gasteiger partial charge in [0.1, 0.15) is 5.75 Å². The molecule has 20 heavy (non-hydrogen) atoms. The number of nitrogens with zero attached hydrogens (tertiary/aromatic N) is 1. The van der Waals surface area contributed by atoms with Gasteiger partial charge in [0.15, 0.2) is 0 Å². The molecular weight excluding hydrogens is 276 g/mol. The topological polar surface area (TPSA) is 64.4 Å². The fraction of sp³-hybridized carbons (Fsp3) is 0.286. The van der Waals surface area contributed by atoms with E-state index in [2.05, 4.69) is 10.5 Å². The molecule has 0 saturated carbocycles. The summed E-state index contributed by atoms with van der Waals surface area (Å²) in [6.07, 6.45) is 0. The summed E-state index contributed by atoms with van der Waals surface area (Å²) in [7, 11) is 1.62. The zero-order valence-corrected chi connectivity index (χ0v) is 12.4. The fourth-order valence-electron chi connectivity index (χ4n) is 1.58. The van der Waals surface area contributed by atoms with Gasteiger partial charge in [0.2, 0.25) is 11.8 Å². The first kappa shape index (κ1) is 14.5. The molecule has 0 saturated heterocycles. The number of carbonyl (C=O) groups is 1. The van der Waals surface area contributed by atoms with E-state index in [0.717, 1.165) is 16.3 Å². The molecule has 1 aromatic carbocycles. The number of hydrogen-bond acceptors (Lipinski definition) is 5. The van der Waals surface area contributed by atoms with E-state index in [-0.39, 0.29) is 11.2 Å². The molecule has 5 nitrogen and oxygen atoms in total. The van der Waals surface area contributed by atoms with E-state index < -0.39 is 0 Å². The molecule has 0 aliphatic carbocycles. The van der Waals surface area contributed by atoms with Crippen molar-refractivity contribution < 1.29 is 14.1 Å². The molecule has 1 unspecified atom stereocenters. The minimum Gasteiger partial charge on any atom is -0.497 e. The van der Waals surface area contributed by atoms with Crippen LogP contribution < -0.4 is 10.1 Å². The first-order valence-corrected chi connectivity index (χ1v) is 7.01. The van der Waals surface area contributed by atoms with Crippen LogP contribution in [0.4, 0.5) is 5.88 Å². The van der Waals surface area contributed by atoms with Crippen molar-refractivity contribution >= 4 is 23.6 Å². The van der Waals surface area contributed by atoms with Crippen molar-refractivity contribution in [2.75, 3.05) is 12.4 Å². The summed E-state index contributed by atoms with van der Waals surface area (Å²) >= 11 is 1.45. The summed E-state index contributed by atoms with van der Waals surface area (Å²) in [5.41, 5.74) is 0.730. The Morgan fingerprint density at radius 2 is 2.25 bits per heavy atom. The highest BCUT2D eigenvalue weighted by Gasteiger charge is 2.16. The first-order chi connectivity index (χ1) is 9.58. The Labute approximate surface area is 121 Å². The minimum absolute atomic E-state index is 0.131. The van der Waals surface area contributed by atoms with E-state index in [1.54, 1.807) is 20.1 Å². The number of carbonyl (C=O) groups excluding carboxylic acids is 1. The van der Waals surface area contributed by atoms with Crippen LogP contribution in [0.2, 0.25) is 0 Å². The molecule has 0 radical (unpaired) electrons. The predicted molar refractivity (Wildman–Crippen MR) is 78.2 cm³/mol. The lowest BCUT2D eigenvalue weighted by atomic mass is 10.3. The lowest BCUT2D eigenvalue weighted by Crippen LogP contribution is -2.22. The van der Waals surface area contributed by atoms with Crippen LogP contribution in [0.25, 0.3) is 0 Å². The molecule has 1 N–H and O–H groups in total. The van der Waals surface area contributed by atoms with Gasteiger partial charge < -0.3 is 9.26 Å². The Morgan fingerprint density at radius 1 is 1.45 bits per heavy atom. The second-order valence-electron chi connectivity index (χ2n) is 4.26. The van der Waals surface area contributed by atoms with Gasteiger partial charge >= 0.3 is 0 Å². The van der Waals surface area contributed by atoms with Crippen molar-refractivity contribution in [1.82, 2.24) is 5.16 Å². The van der Waals surface area contributed by atoms with E-state index in [4.69, 9.17) is 9.26 Å². The quantitative estimate of drug-likeness (QED) is 0.858. The Kier molecular flexibility index (Phi) is 4.68. The van der Waals surface area contributed by atoms with Crippen molar-refractivity contribution in [3.05, 3.63) is 36.0 Å². The molecule has 1 amide bonds. The highest BCUT2D eigenvalue weighted by Crippen LogP contribution is 2.27. The third-order valence-electron chi connectivity index (χ3n) is 2.60. The van der Waals surface area contributed by atoms with Crippen LogP contribution in [-0.2, 0) is 4.79 Å². The van der Waals surface area contributed by atoms with Crippen LogP contribution in [0.15, 0.2) is 39.8 Å². The summed E-state index contributed by atoms with van der Waals surface area (Å²) in [6, 6.07) is 9.28. The zero-order valence-electron chi connectivity index (χ0n) is 11.5.